The molecule has 0 fully saturated rings. The first-order valence-electron chi connectivity index (χ1n) is 5.24. The van der Waals surface area contributed by atoms with Crippen LogP contribution in [0, 0.1) is 0 Å². The lowest BCUT2D eigenvalue weighted by atomic mass is 10.1. The van der Waals surface area contributed by atoms with E-state index in [0.29, 0.717) is 6.61 Å². The highest BCUT2D eigenvalue weighted by Gasteiger charge is 1.98. The van der Waals surface area contributed by atoms with Crippen molar-refractivity contribution in [3.05, 3.63) is 0 Å². The Morgan fingerprint density at radius 1 is 1.14 bits per heavy atom. The molecule has 14 heavy (non-hydrogen) atoms. The van der Waals surface area contributed by atoms with Crippen LogP contribution in [-0.2, 0) is 14.6 Å². The van der Waals surface area contributed by atoms with Crippen LogP contribution >= 0.6 is 12.6 Å². The Morgan fingerprint density at radius 2 is 1.79 bits per heavy atom. The van der Waals surface area contributed by atoms with Crippen LogP contribution in [0.5, 0.6) is 0 Å². The summed E-state index contributed by atoms with van der Waals surface area (Å²) in [5.41, 5.74) is 0. The molecule has 0 bridgehead atoms. The van der Waals surface area contributed by atoms with E-state index in [1.807, 2.05) is 0 Å². The molecule has 0 atom stereocenters. The standard InChI is InChI=1S/C10H20O3S/c1-2-3-4-5-6-7-8-12-13-10(11)9-14/h14H,2-9H2,1H3. The molecule has 0 amide bonds. The van der Waals surface area contributed by atoms with Crippen molar-refractivity contribution >= 4 is 18.6 Å². The summed E-state index contributed by atoms with van der Waals surface area (Å²) in [6.07, 6.45) is 7.16. The minimum absolute atomic E-state index is 0.0660. The molecule has 0 spiro atoms. The second-order valence-electron chi connectivity index (χ2n) is 3.20. The highest BCUT2D eigenvalue weighted by atomic mass is 32.1. The second kappa shape index (κ2) is 10.9. The van der Waals surface area contributed by atoms with Crippen LogP contribution in [0.15, 0.2) is 0 Å². The molecule has 0 aliphatic carbocycles. The molecule has 4 heteroatoms. The fraction of sp³-hybridized carbons (Fsp3) is 0.900. The monoisotopic (exact) mass is 220 g/mol. The summed E-state index contributed by atoms with van der Waals surface area (Å²) < 4.78 is 0. The van der Waals surface area contributed by atoms with Gasteiger partial charge >= 0.3 is 5.97 Å². The maximum atomic E-state index is 10.6. The quantitative estimate of drug-likeness (QED) is 0.281. The van der Waals surface area contributed by atoms with Crippen molar-refractivity contribution in [2.45, 2.75) is 45.4 Å². The lowest BCUT2D eigenvalue weighted by molar-refractivity contribution is -0.270. The fourth-order valence-corrected chi connectivity index (χ4v) is 1.13. The van der Waals surface area contributed by atoms with Crippen molar-refractivity contribution in [3.63, 3.8) is 0 Å². The third-order valence-electron chi connectivity index (χ3n) is 1.86. The Kier molecular flexibility index (Phi) is 10.7. The number of hydrogen-bond acceptors (Lipinski definition) is 4. The second-order valence-corrected chi connectivity index (χ2v) is 3.52. The minimum atomic E-state index is -0.431. The zero-order valence-electron chi connectivity index (χ0n) is 8.83. The smallest absolute Gasteiger partial charge is 0.297 e. The summed E-state index contributed by atoms with van der Waals surface area (Å²) in [6.45, 7) is 2.69. The lowest BCUT2D eigenvalue weighted by Crippen LogP contribution is -2.07. The number of rotatable bonds is 9. The Hall–Kier alpha value is -0.220. The molecule has 0 N–H and O–H groups in total. The first-order valence-corrected chi connectivity index (χ1v) is 5.87. The Balaban J connectivity index is 2.95. The number of thiol groups is 1. The maximum Gasteiger partial charge on any atom is 0.351 e. The van der Waals surface area contributed by atoms with Crippen LogP contribution in [0.1, 0.15) is 45.4 Å². The van der Waals surface area contributed by atoms with Crippen molar-refractivity contribution < 1.29 is 14.6 Å². The van der Waals surface area contributed by atoms with Crippen LogP contribution < -0.4 is 0 Å². The van der Waals surface area contributed by atoms with E-state index in [1.54, 1.807) is 0 Å². The zero-order valence-corrected chi connectivity index (χ0v) is 9.72. The van der Waals surface area contributed by atoms with E-state index in [-0.39, 0.29) is 5.75 Å². The molecule has 0 radical (unpaired) electrons. The van der Waals surface area contributed by atoms with Gasteiger partial charge < -0.3 is 0 Å². The van der Waals surface area contributed by atoms with Crippen molar-refractivity contribution in [3.8, 4) is 0 Å². The van der Waals surface area contributed by atoms with Crippen molar-refractivity contribution in [1.29, 1.82) is 0 Å². The van der Waals surface area contributed by atoms with Crippen molar-refractivity contribution in [2.75, 3.05) is 12.4 Å². The van der Waals surface area contributed by atoms with Crippen LogP contribution in [0.25, 0.3) is 0 Å². The molecule has 0 saturated heterocycles. The molecule has 0 aromatic carbocycles. The summed E-state index contributed by atoms with van der Waals surface area (Å²) in [6, 6.07) is 0. The van der Waals surface area contributed by atoms with Gasteiger partial charge in [0.05, 0.1) is 12.4 Å². The van der Waals surface area contributed by atoms with Crippen molar-refractivity contribution in [1.82, 2.24) is 0 Å². The van der Waals surface area contributed by atoms with E-state index in [2.05, 4.69) is 24.4 Å². The topological polar surface area (TPSA) is 35.5 Å². The SMILES string of the molecule is CCCCCCCCOOC(=O)CS. The largest absolute Gasteiger partial charge is 0.351 e. The molecule has 0 aliphatic heterocycles. The van der Waals surface area contributed by atoms with Crippen LogP contribution in [0.3, 0.4) is 0 Å². The van der Waals surface area contributed by atoms with Gasteiger partial charge in [-0.05, 0) is 6.42 Å². The van der Waals surface area contributed by atoms with Crippen molar-refractivity contribution in [2.24, 2.45) is 0 Å². The van der Waals surface area contributed by atoms with Crippen LogP contribution in [0.4, 0.5) is 0 Å². The summed E-state index contributed by atoms with van der Waals surface area (Å²) in [4.78, 5) is 19.7. The number of hydrogen-bond donors (Lipinski definition) is 1. The molecule has 0 aromatic rings. The first-order chi connectivity index (χ1) is 6.81. The van der Waals surface area contributed by atoms with E-state index >= 15 is 0 Å². The van der Waals surface area contributed by atoms with Gasteiger partial charge in [-0.3, -0.25) is 4.89 Å². The number of unbranched alkanes of at least 4 members (excludes halogenated alkanes) is 5. The highest BCUT2D eigenvalue weighted by molar-refractivity contribution is 7.81. The molecular formula is C10H20O3S. The normalized spacial score (nSPS) is 10.1. The van der Waals surface area contributed by atoms with Gasteiger partial charge in [0.15, 0.2) is 0 Å². The van der Waals surface area contributed by atoms with Gasteiger partial charge in [-0.15, -0.1) is 0 Å². The Bertz CT molecular complexity index is 139. The van der Waals surface area contributed by atoms with Gasteiger partial charge in [0.25, 0.3) is 0 Å². The van der Waals surface area contributed by atoms with Gasteiger partial charge in [-0.25, -0.2) is 4.79 Å². The molecule has 0 rings (SSSR count). The van der Waals surface area contributed by atoms with Crippen LogP contribution in [0.2, 0.25) is 0 Å². The first kappa shape index (κ1) is 13.8. The Labute approximate surface area is 91.5 Å². The molecule has 0 heterocycles. The molecule has 0 aliphatic rings. The molecular weight excluding hydrogens is 200 g/mol. The lowest BCUT2D eigenvalue weighted by Gasteiger charge is -2.02. The van der Waals surface area contributed by atoms with Gasteiger partial charge in [0.1, 0.15) is 0 Å². The van der Waals surface area contributed by atoms with E-state index in [0.717, 1.165) is 12.8 Å². The summed E-state index contributed by atoms with van der Waals surface area (Å²) in [5.74, 6) is -0.365. The van der Waals surface area contributed by atoms with Gasteiger partial charge in [0.2, 0.25) is 0 Å². The van der Waals surface area contributed by atoms with Gasteiger partial charge in [-0.2, -0.15) is 17.5 Å². The summed E-state index contributed by atoms with van der Waals surface area (Å²) >= 11 is 3.74. The number of carbonyl (C=O) groups excluding carboxylic acids is 1. The molecule has 0 aromatic heterocycles. The predicted molar refractivity (Wildman–Crippen MR) is 59.3 cm³/mol. The summed E-state index contributed by atoms with van der Waals surface area (Å²) in [5, 5.41) is 0. The number of carbonyl (C=O) groups is 1. The Morgan fingerprint density at radius 3 is 2.43 bits per heavy atom. The third-order valence-corrected chi connectivity index (χ3v) is 2.12. The van der Waals surface area contributed by atoms with E-state index < -0.39 is 5.97 Å². The highest BCUT2D eigenvalue weighted by Crippen LogP contribution is 2.04. The maximum absolute atomic E-state index is 10.6. The molecule has 84 valence electrons. The minimum Gasteiger partial charge on any atom is -0.297 e. The van der Waals surface area contributed by atoms with E-state index in [4.69, 9.17) is 4.89 Å². The van der Waals surface area contributed by atoms with Gasteiger partial charge in [0, 0.05) is 0 Å². The van der Waals surface area contributed by atoms with Crippen LogP contribution in [-0.4, -0.2) is 18.3 Å². The molecule has 0 unspecified atom stereocenters. The molecule has 3 nitrogen and oxygen atoms in total. The molecule has 0 saturated carbocycles. The van der Waals surface area contributed by atoms with Gasteiger partial charge in [-0.1, -0.05) is 39.0 Å². The average Bonchev–Trinajstić information content (AvgIpc) is 2.21. The third kappa shape index (κ3) is 9.86. The predicted octanol–water partition coefficient (Wildman–Crippen LogP) is 2.75. The summed E-state index contributed by atoms with van der Waals surface area (Å²) in [7, 11) is 0. The van der Waals surface area contributed by atoms with E-state index in [9.17, 15) is 4.79 Å². The van der Waals surface area contributed by atoms with E-state index in [1.165, 1.54) is 25.7 Å². The average molecular weight is 220 g/mol. The zero-order chi connectivity index (χ0) is 10.6. The fourth-order valence-electron chi connectivity index (χ4n) is 1.08.